The van der Waals surface area contributed by atoms with Gasteiger partial charge in [-0.1, -0.05) is 13.8 Å². The molecule has 0 fully saturated rings. The Morgan fingerprint density at radius 3 is 2.12 bits per heavy atom. The number of rotatable bonds is 3. The topological polar surface area (TPSA) is 3.24 Å². The Labute approximate surface area is 52.7 Å². The minimum absolute atomic E-state index is 0.639. The van der Waals surface area contributed by atoms with E-state index in [0.29, 0.717) is 6.04 Å². The van der Waals surface area contributed by atoms with E-state index in [9.17, 15) is 0 Å². The van der Waals surface area contributed by atoms with Crippen molar-refractivity contribution in [2.75, 3.05) is 6.54 Å². The summed E-state index contributed by atoms with van der Waals surface area (Å²) in [5, 5.41) is 0. The zero-order valence-corrected chi connectivity index (χ0v) is 6.15. The summed E-state index contributed by atoms with van der Waals surface area (Å²) in [6.45, 7) is 7.54. The molecule has 0 aliphatic carbocycles. The summed E-state index contributed by atoms with van der Waals surface area (Å²) in [4.78, 5) is 2.10. The molecule has 0 bridgehead atoms. The highest BCUT2D eigenvalue weighted by Gasteiger charge is 2.01. The first kappa shape index (κ1) is 7.96. The van der Waals surface area contributed by atoms with Crippen LogP contribution in [-0.2, 0) is 0 Å². The fourth-order valence-corrected chi connectivity index (χ4v) is 0.570. The van der Waals surface area contributed by atoms with E-state index >= 15 is 0 Å². The van der Waals surface area contributed by atoms with Crippen molar-refractivity contribution < 1.29 is 0 Å². The van der Waals surface area contributed by atoms with Crippen LogP contribution in [0, 0.1) is 7.05 Å². The highest BCUT2D eigenvalue weighted by atomic mass is 15.1. The van der Waals surface area contributed by atoms with Crippen molar-refractivity contribution in [2.24, 2.45) is 0 Å². The van der Waals surface area contributed by atoms with Crippen molar-refractivity contribution >= 4 is 0 Å². The Bertz CT molecular complexity index is 44.3. The van der Waals surface area contributed by atoms with E-state index in [1.165, 1.54) is 6.42 Å². The quantitative estimate of drug-likeness (QED) is 0.541. The predicted octanol–water partition coefficient (Wildman–Crippen LogP) is 1.90. The molecule has 0 aliphatic rings. The van der Waals surface area contributed by atoms with E-state index in [0.717, 1.165) is 6.54 Å². The lowest BCUT2D eigenvalue weighted by Crippen LogP contribution is -2.25. The summed E-state index contributed by atoms with van der Waals surface area (Å²) in [7, 11) is 3.86. The Hall–Kier alpha value is -0.0400. The van der Waals surface area contributed by atoms with E-state index < -0.39 is 0 Å². The highest BCUT2D eigenvalue weighted by molar-refractivity contribution is 4.60. The lowest BCUT2D eigenvalue weighted by Gasteiger charge is -2.20. The summed E-state index contributed by atoms with van der Waals surface area (Å²) in [6, 6.07) is 0.639. The van der Waals surface area contributed by atoms with Crippen LogP contribution in [0.1, 0.15) is 27.2 Å². The standard InChI is InChI=1S/C7H16N/c1-5-7(3)8(4)6-2/h7H,4-6H2,1-3H3. The molecule has 49 valence electrons. The van der Waals surface area contributed by atoms with Crippen molar-refractivity contribution in [2.45, 2.75) is 33.2 Å². The third-order valence-corrected chi connectivity index (χ3v) is 1.62. The second-order valence-electron chi connectivity index (χ2n) is 2.16. The van der Waals surface area contributed by atoms with Crippen LogP contribution < -0.4 is 0 Å². The Morgan fingerprint density at radius 1 is 1.50 bits per heavy atom. The largest absolute Gasteiger partial charge is 0.300 e. The predicted molar refractivity (Wildman–Crippen MR) is 37.5 cm³/mol. The molecule has 1 heteroatoms. The van der Waals surface area contributed by atoms with E-state index in [-0.39, 0.29) is 0 Å². The second-order valence-corrected chi connectivity index (χ2v) is 2.16. The van der Waals surface area contributed by atoms with Gasteiger partial charge in [-0.15, -0.1) is 0 Å². The SMILES string of the molecule is [CH2]N(CC)C(C)CC. The Kier molecular flexibility index (Phi) is 3.88. The first-order valence-electron chi connectivity index (χ1n) is 3.29. The summed E-state index contributed by atoms with van der Waals surface area (Å²) in [5.74, 6) is 0. The zero-order valence-electron chi connectivity index (χ0n) is 6.15. The number of hydrogen-bond acceptors (Lipinski definition) is 1. The van der Waals surface area contributed by atoms with Gasteiger partial charge in [0.2, 0.25) is 0 Å². The van der Waals surface area contributed by atoms with E-state index in [4.69, 9.17) is 0 Å². The molecule has 0 heterocycles. The van der Waals surface area contributed by atoms with Gasteiger partial charge < -0.3 is 0 Å². The normalized spacial score (nSPS) is 14.6. The molecule has 0 saturated heterocycles. The van der Waals surface area contributed by atoms with Gasteiger partial charge in [0.1, 0.15) is 0 Å². The third-order valence-electron chi connectivity index (χ3n) is 1.62. The molecule has 0 aliphatic heterocycles. The molecule has 0 aromatic carbocycles. The minimum atomic E-state index is 0.639. The van der Waals surface area contributed by atoms with Crippen LogP contribution in [-0.4, -0.2) is 17.5 Å². The fourth-order valence-electron chi connectivity index (χ4n) is 0.570. The van der Waals surface area contributed by atoms with Gasteiger partial charge in [-0.2, -0.15) is 0 Å². The molecule has 1 nitrogen and oxygen atoms in total. The van der Waals surface area contributed by atoms with Gasteiger partial charge in [-0.25, -0.2) is 0 Å². The monoisotopic (exact) mass is 114 g/mol. The molecule has 0 N–H and O–H groups in total. The molecule has 0 spiro atoms. The van der Waals surface area contributed by atoms with Crippen LogP contribution in [0.5, 0.6) is 0 Å². The average molecular weight is 114 g/mol. The van der Waals surface area contributed by atoms with Gasteiger partial charge in [0, 0.05) is 13.1 Å². The zero-order chi connectivity index (χ0) is 6.57. The van der Waals surface area contributed by atoms with Crippen LogP contribution in [0.2, 0.25) is 0 Å². The van der Waals surface area contributed by atoms with Gasteiger partial charge in [0.15, 0.2) is 0 Å². The van der Waals surface area contributed by atoms with Crippen LogP contribution >= 0.6 is 0 Å². The molecule has 0 aromatic heterocycles. The average Bonchev–Trinajstić information content (AvgIpc) is 1.84. The first-order valence-corrected chi connectivity index (χ1v) is 3.29. The molecule has 1 radical (unpaired) electrons. The summed E-state index contributed by atoms with van der Waals surface area (Å²) in [5.41, 5.74) is 0. The molecule has 0 saturated carbocycles. The van der Waals surface area contributed by atoms with Crippen molar-refractivity contribution in [3.8, 4) is 0 Å². The smallest absolute Gasteiger partial charge is 0.0112 e. The van der Waals surface area contributed by atoms with Crippen molar-refractivity contribution in [1.82, 2.24) is 4.90 Å². The Morgan fingerprint density at radius 2 is 2.00 bits per heavy atom. The highest BCUT2D eigenvalue weighted by Crippen LogP contribution is 1.98. The lowest BCUT2D eigenvalue weighted by molar-refractivity contribution is 0.295. The number of hydrogen-bond donors (Lipinski definition) is 0. The number of nitrogens with zero attached hydrogens (tertiary/aromatic N) is 1. The van der Waals surface area contributed by atoms with E-state index in [2.05, 4.69) is 32.7 Å². The molecular formula is C7H16N. The maximum absolute atomic E-state index is 3.86. The molecular weight excluding hydrogens is 98.1 g/mol. The molecule has 1 unspecified atom stereocenters. The maximum atomic E-state index is 3.86. The molecule has 0 aromatic rings. The van der Waals surface area contributed by atoms with Crippen molar-refractivity contribution in [3.05, 3.63) is 7.05 Å². The molecule has 0 amide bonds. The summed E-state index contributed by atoms with van der Waals surface area (Å²) >= 11 is 0. The van der Waals surface area contributed by atoms with Gasteiger partial charge >= 0.3 is 0 Å². The van der Waals surface area contributed by atoms with E-state index in [1.807, 2.05) is 0 Å². The second kappa shape index (κ2) is 3.90. The Balaban J connectivity index is 3.29. The molecule has 8 heavy (non-hydrogen) atoms. The van der Waals surface area contributed by atoms with Crippen LogP contribution in [0.3, 0.4) is 0 Å². The third kappa shape index (κ3) is 2.31. The van der Waals surface area contributed by atoms with Crippen molar-refractivity contribution in [1.29, 1.82) is 0 Å². The van der Waals surface area contributed by atoms with Gasteiger partial charge in [0.05, 0.1) is 0 Å². The van der Waals surface area contributed by atoms with Gasteiger partial charge in [0.25, 0.3) is 0 Å². The van der Waals surface area contributed by atoms with Crippen LogP contribution in [0.25, 0.3) is 0 Å². The fraction of sp³-hybridized carbons (Fsp3) is 0.857. The molecule has 0 rings (SSSR count). The van der Waals surface area contributed by atoms with Crippen LogP contribution in [0.4, 0.5) is 0 Å². The molecule has 1 atom stereocenters. The van der Waals surface area contributed by atoms with E-state index in [1.54, 1.807) is 0 Å². The van der Waals surface area contributed by atoms with Gasteiger partial charge in [-0.05, 0) is 19.9 Å². The van der Waals surface area contributed by atoms with Crippen LogP contribution in [0.15, 0.2) is 0 Å². The first-order chi connectivity index (χ1) is 3.72. The maximum Gasteiger partial charge on any atom is 0.0112 e. The summed E-state index contributed by atoms with van der Waals surface area (Å²) in [6.07, 6.45) is 1.19. The lowest BCUT2D eigenvalue weighted by atomic mass is 10.2. The minimum Gasteiger partial charge on any atom is -0.300 e. The van der Waals surface area contributed by atoms with Crippen molar-refractivity contribution in [3.63, 3.8) is 0 Å². The van der Waals surface area contributed by atoms with Gasteiger partial charge in [-0.3, -0.25) is 4.90 Å². The summed E-state index contributed by atoms with van der Waals surface area (Å²) < 4.78 is 0.